The average molecular weight is 216 g/mol. The number of nitrogens with two attached hydrogens (primary N) is 1. The van der Waals surface area contributed by atoms with Crippen LogP contribution < -0.4 is 11.3 Å². The number of rotatable bonds is 3. The maximum absolute atomic E-state index is 5.62. The first-order valence-electron chi connectivity index (χ1n) is 5.29. The van der Waals surface area contributed by atoms with E-state index in [2.05, 4.69) is 24.5 Å². The predicted molar refractivity (Wildman–Crippen MR) is 63.8 cm³/mol. The van der Waals surface area contributed by atoms with Crippen molar-refractivity contribution in [2.24, 2.45) is 5.84 Å². The van der Waals surface area contributed by atoms with Crippen molar-refractivity contribution in [2.75, 3.05) is 0 Å². The lowest BCUT2D eigenvalue weighted by molar-refractivity contribution is 0.448. The molecule has 0 aliphatic heterocycles. The van der Waals surface area contributed by atoms with Crippen molar-refractivity contribution in [1.29, 1.82) is 0 Å². The Kier molecular flexibility index (Phi) is 3.08. The molecule has 0 saturated heterocycles. The Labute approximate surface area is 95.2 Å². The molecule has 3 nitrogen and oxygen atoms in total. The zero-order valence-electron chi connectivity index (χ0n) is 9.53. The molecule has 3 heteroatoms. The van der Waals surface area contributed by atoms with Gasteiger partial charge in [-0.15, -0.1) is 0 Å². The van der Waals surface area contributed by atoms with Crippen molar-refractivity contribution in [3.63, 3.8) is 0 Å². The van der Waals surface area contributed by atoms with E-state index in [0.717, 1.165) is 16.9 Å². The summed E-state index contributed by atoms with van der Waals surface area (Å²) in [7, 11) is 0. The summed E-state index contributed by atoms with van der Waals surface area (Å²) in [4.78, 5) is 0. The number of nitrogens with one attached hydrogen (secondary N) is 1. The minimum Gasteiger partial charge on any atom is -0.467 e. The molecule has 16 heavy (non-hydrogen) atoms. The summed E-state index contributed by atoms with van der Waals surface area (Å²) >= 11 is 0. The summed E-state index contributed by atoms with van der Waals surface area (Å²) in [5.74, 6) is 6.50. The van der Waals surface area contributed by atoms with E-state index >= 15 is 0 Å². The van der Waals surface area contributed by atoms with Gasteiger partial charge >= 0.3 is 0 Å². The Balaban J connectivity index is 2.45. The van der Waals surface area contributed by atoms with E-state index < -0.39 is 0 Å². The summed E-state index contributed by atoms with van der Waals surface area (Å²) in [6.45, 7) is 4.08. The van der Waals surface area contributed by atoms with Gasteiger partial charge in [-0.2, -0.15) is 0 Å². The monoisotopic (exact) mass is 216 g/mol. The predicted octanol–water partition coefficient (Wildman–Crippen LogP) is 2.45. The van der Waals surface area contributed by atoms with E-state index in [1.54, 1.807) is 6.26 Å². The van der Waals surface area contributed by atoms with Gasteiger partial charge in [-0.1, -0.05) is 24.3 Å². The van der Waals surface area contributed by atoms with Crippen LogP contribution in [0.5, 0.6) is 0 Å². The number of hydrazine groups is 1. The molecule has 0 spiro atoms. The second kappa shape index (κ2) is 4.51. The molecule has 0 bridgehead atoms. The molecule has 2 rings (SSSR count). The first kappa shape index (κ1) is 10.9. The highest BCUT2D eigenvalue weighted by Gasteiger charge is 2.18. The van der Waals surface area contributed by atoms with Gasteiger partial charge in [0.15, 0.2) is 0 Å². The molecule has 3 N–H and O–H groups in total. The first-order valence-corrected chi connectivity index (χ1v) is 5.29. The zero-order valence-corrected chi connectivity index (χ0v) is 9.53. The van der Waals surface area contributed by atoms with Crippen LogP contribution in [0.25, 0.3) is 0 Å². The van der Waals surface area contributed by atoms with Crippen LogP contribution in [0.1, 0.15) is 28.5 Å². The number of benzene rings is 1. The molecule has 84 valence electrons. The first-order chi connectivity index (χ1) is 7.74. The van der Waals surface area contributed by atoms with Gasteiger partial charge in [0.2, 0.25) is 0 Å². The lowest BCUT2D eigenvalue weighted by Gasteiger charge is -2.17. The third-order valence-electron chi connectivity index (χ3n) is 2.83. The van der Waals surface area contributed by atoms with E-state index in [1.807, 2.05) is 25.1 Å². The van der Waals surface area contributed by atoms with Crippen molar-refractivity contribution in [1.82, 2.24) is 5.43 Å². The molecule has 0 amide bonds. The van der Waals surface area contributed by atoms with Gasteiger partial charge in [0, 0.05) is 0 Å². The quantitative estimate of drug-likeness (QED) is 0.612. The number of hydrogen-bond acceptors (Lipinski definition) is 3. The Hall–Kier alpha value is -1.58. The highest BCUT2D eigenvalue weighted by atomic mass is 16.3. The third-order valence-corrected chi connectivity index (χ3v) is 2.83. The smallest absolute Gasteiger partial charge is 0.129 e. The number of hydrogen-bond donors (Lipinski definition) is 2. The molecule has 2 aromatic rings. The van der Waals surface area contributed by atoms with Crippen molar-refractivity contribution in [2.45, 2.75) is 19.9 Å². The van der Waals surface area contributed by atoms with Gasteiger partial charge in [0.1, 0.15) is 11.8 Å². The summed E-state index contributed by atoms with van der Waals surface area (Å²) in [6.07, 6.45) is 1.69. The fraction of sp³-hybridized carbons (Fsp3) is 0.231. The molecule has 0 aliphatic rings. The van der Waals surface area contributed by atoms with Crippen molar-refractivity contribution in [3.05, 3.63) is 59.0 Å². The van der Waals surface area contributed by atoms with Gasteiger partial charge in [0.25, 0.3) is 0 Å². The minimum absolute atomic E-state index is 0.0869. The summed E-state index contributed by atoms with van der Waals surface area (Å²) < 4.78 is 5.48. The van der Waals surface area contributed by atoms with E-state index in [0.29, 0.717) is 0 Å². The van der Waals surface area contributed by atoms with Crippen LogP contribution in [0.15, 0.2) is 41.0 Å². The van der Waals surface area contributed by atoms with E-state index in [-0.39, 0.29) is 6.04 Å². The molecule has 1 aromatic carbocycles. The van der Waals surface area contributed by atoms with Crippen LogP contribution in [0.4, 0.5) is 0 Å². The number of furan rings is 1. The highest BCUT2D eigenvalue weighted by Crippen LogP contribution is 2.26. The standard InChI is InChI=1S/C13H16N2O/c1-9-5-3-4-6-11(9)12(15-14)13-10(2)7-8-16-13/h3-8,12,15H,14H2,1-2H3. The topological polar surface area (TPSA) is 51.2 Å². The molecule has 1 unspecified atom stereocenters. The van der Waals surface area contributed by atoms with Gasteiger partial charge in [0.05, 0.1) is 6.26 Å². The molecule has 0 aliphatic carbocycles. The molecule has 0 fully saturated rings. The average Bonchev–Trinajstić information content (AvgIpc) is 2.69. The maximum atomic E-state index is 5.62. The molecule has 1 aromatic heterocycles. The van der Waals surface area contributed by atoms with Crippen molar-refractivity contribution < 1.29 is 4.42 Å². The largest absolute Gasteiger partial charge is 0.467 e. The fourth-order valence-corrected chi connectivity index (χ4v) is 1.90. The van der Waals surface area contributed by atoms with Crippen LogP contribution in [0, 0.1) is 13.8 Å². The molecule has 1 heterocycles. The van der Waals surface area contributed by atoms with Crippen LogP contribution in [-0.4, -0.2) is 0 Å². The minimum atomic E-state index is -0.0869. The molecular formula is C13H16N2O. The molecule has 0 saturated carbocycles. The van der Waals surface area contributed by atoms with Crippen LogP contribution >= 0.6 is 0 Å². The lowest BCUT2D eigenvalue weighted by atomic mass is 9.98. The fourth-order valence-electron chi connectivity index (χ4n) is 1.90. The summed E-state index contributed by atoms with van der Waals surface area (Å²) in [6, 6.07) is 10.0. The van der Waals surface area contributed by atoms with Crippen molar-refractivity contribution >= 4 is 0 Å². The van der Waals surface area contributed by atoms with Crippen LogP contribution in [0.3, 0.4) is 0 Å². The van der Waals surface area contributed by atoms with E-state index in [9.17, 15) is 0 Å². The highest BCUT2D eigenvalue weighted by molar-refractivity contribution is 5.35. The van der Waals surface area contributed by atoms with Crippen LogP contribution in [-0.2, 0) is 0 Å². The Morgan fingerprint density at radius 3 is 2.44 bits per heavy atom. The molecule has 0 radical (unpaired) electrons. The van der Waals surface area contributed by atoms with Crippen LogP contribution in [0.2, 0.25) is 0 Å². The SMILES string of the molecule is Cc1ccccc1C(NN)c1occc1C. The van der Waals surface area contributed by atoms with Gasteiger partial charge in [-0.25, -0.2) is 5.43 Å². The summed E-state index contributed by atoms with van der Waals surface area (Å²) in [5.41, 5.74) is 6.25. The van der Waals surface area contributed by atoms with Gasteiger partial charge in [-0.3, -0.25) is 5.84 Å². The molecular weight excluding hydrogens is 200 g/mol. The normalized spacial score (nSPS) is 12.7. The Morgan fingerprint density at radius 1 is 1.12 bits per heavy atom. The van der Waals surface area contributed by atoms with Gasteiger partial charge in [-0.05, 0) is 36.6 Å². The lowest BCUT2D eigenvalue weighted by Crippen LogP contribution is -2.29. The summed E-state index contributed by atoms with van der Waals surface area (Å²) in [5, 5.41) is 0. The second-order valence-corrected chi connectivity index (χ2v) is 3.92. The van der Waals surface area contributed by atoms with E-state index in [4.69, 9.17) is 10.3 Å². The Morgan fingerprint density at radius 2 is 1.88 bits per heavy atom. The third kappa shape index (κ3) is 1.87. The molecule has 1 atom stereocenters. The maximum Gasteiger partial charge on any atom is 0.129 e. The Bertz CT molecular complexity index is 476. The van der Waals surface area contributed by atoms with Crippen molar-refractivity contribution in [3.8, 4) is 0 Å². The number of aryl methyl sites for hydroxylation is 2. The van der Waals surface area contributed by atoms with E-state index in [1.165, 1.54) is 5.56 Å². The zero-order chi connectivity index (χ0) is 11.5. The van der Waals surface area contributed by atoms with Gasteiger partial charge < -0.3 is 4.42 Å². The second-order valence-electron chi connectivity index (χ2n) is 3.92.